The first-order valence-corrected chi connectivity index (χ1v) is 8.42. The van der Waals surface area contributed by atoms with Gasteiger partial charge in [0.25, 0.3) is 5.56 Å². The summed E-state index contributed by atoms with van der Waals surface area (Å²) in [4.78, 5) is 19.1. The molecular weight excluding hydrogens is 417 g/mol. The monoisotopic (exact) mass is 430 g/mol. The predicted octanol–water partition coefficient (Wildman–Crippen LogP) is 3.89. The minimum Gasteiger partial charge on any atom is -0.406 e. The molecule has 0 amide bonds. The average Bonchev–Trinajstić information content (AvgIpc) is 2.85. The molecule has 1 N–H and O–H groups in total. The molecule has 0 unspecified atom stereocenters. The van der Waals surface area contributed by atoms with Gasteiger partial charge in [-0.2, -0.15) is 5.10 Å². The summed E-state index contributed by atoms with van der Waals surface area (Å²) in [6.07, 6.45) is -4.23. The molecule has 138 valence electrons. The molecule has 2 aromatic heterocycles. The van der Waals surface area contributed by atoms with Crippen molar-refractivity contribution in [1.29, 1.82) is 0 Å². The zero-order valence-electron chi connectivity index (χ0n) is 13.8. The quantitative estimate of drug-likeness (QED) is 0.681. The summed E-state index contributed by atoms with van der Waals surface area (Å²) in [5.74, 6) is 0.196. The van der Waals surface area contributed by atoms with Crippen LogP contribution in [0.2, 0.25) is 0 Å². The molecule has 10 heteroatoms. The number of alkyl halides is 3. The molecule has 1 atom stereocenters. The van der Waals surface area contributed by atoms with Gasteiger partial charge in [0.05, 0.1) is 6.04 Å². The molecular formula is C16H14BrF3N4O2. The Morgan fingerprint density at radius 1 is 1.31 bits per heavy atom. The number of ether oxygens (including phenoxy) is 1. The lowest BCUT2D eigenvalue weighted by atomic mass is 10.1. The van der Waals surface area contributed by atoms with Crippen molar-refractivity contribution in [2.75, 3.05) is 0 Å². The van der Waals surface area contributed by atoms with E-state index in [0.717, 1.165) is 5.56 Å². The Balaban J connectivity index is 1.86. The highest BCUT2D eigenvalue weighted by Crippen LogP contribution is 2.26. The molecule has 3 aromatic rings. The van der Waals surface area contributed by atoms with Crippen LogP contribution in [0.5, 0.6) is 5.75 Å². The molecule has 0 radical (unpaired) electrons. The normalized spacial score (nSPS) is 13.2. The maximum Gasteiger partial charge on any atom is 0.573 e. The van der Waals surface area contributed by atoms with E-state index in [1.807, 2.05) is 6.92 Å². The third-order valence-corrected chi connectivity index (χ3v) is 4.30. The van der Waals surface area contributed by atoms with Crippen LogP contribution in [0.3, 0.4) is 0 Å². The maximum absolute atomic E-state index is 12.2. The first kappa shape index (κ1) is 18.4. The molecule has 0 saturated heterocycles. The number of rotatable bonds is 4. The highest BCUT2D eigenvalue weighted by molar-refractivity contribution is 9.10. The largest absolute Gasteiger partial charge is 0.573 e. The molecule has 2 heterocycles. The van der Waals surface area contributed by atoms with Crippen LogP contribution < -0.4 is 10.3 Å². The SMILES string of the molecule is Cc1nc2c(c(Br)nn2[C@@H](C)Cc2ccc(OC(F)(F)F)cc2)c(=O)[nH]1. The molecule has 0 aliphatic carbocycles. The van der Waals surface area contributed by atoms with Crippen molar-refractivity contribution in [2.45, 2.75) is 32.7 Å². The van der Waals surface area contributed by atoms with E-state index in [-0.39, 0.29) is 17.4 Å². The van der Waals surface area contributed by atoms with E-state index in [1.165, 1.54) is 12.1 Å². The topological polar surface area (TPSA) is 72.8 Å². The predicted molar refractivity (Wildman–Crippen MR) is 92.1 cm³/mol. The zero-order valence-corrected chi connectivity index (χ0v) is 15.3. The van der Waals surface area contributed by atoms with Crippen molar-refractivity contribution in [3.8, 4) is 5.75 Å². The van der Waals surface area contributed by atoms with Crippen LogP contribution in [0.15, 0.2) is 33.7 Å². The van der Waals surface area contributed by atoms with E-state index < -0.39 is 6.36 Å². The van der Waals surface area contributed by atoms with Crippen molar-refractivity contribution in [3.05, 3.63) is 50.6 Å². The molecule has 0 fully saturated rings. The number of aromatic nitrogens is 4. The summed E-state index contributed by atoms with van der Waals surface area (Å²) in [5, 5.41) is 4.69. The Hall–Kier alpha value is -2.36. The van der Waals surface area contributed by atoms with Crippen LogP contribution in [0.1, 0.15) is 24.4 Å². The van der Waals surface area contributed by atoms with Gasteiger partial charge in [-0.05, 0) is 53.9 Å². The number of fused-ring (bicyclic) bond motifs is 1. The summed E-state index contributed by atoms with van der Waals surface area (Å²) < 4.78 is 42.5. The lowest BCUT2D eigenvalue weighted by molar-refractivity contribution is -0.274. The Morgan fingerprint density at radius 3 is 2.58 bits per heavy atom. The minimum atomic E-state index is -4.72. The van der Waals surface area contributed by atoms with Crippen molar-refractivity contribution in [1.82, 2.24) is 19.7 Å². The Labute approximate surface area is 154 Å². The summed E-state index contributed by atoms with van der Waals surface area (Å²) in [6, 6.07) is 5.47. The van der Waals surface area contributed by atoms with E-state index in [9.17, 15) is 18.0 Å². The Bertz CT molecular complexity index is 996. The zero-order chi connectivity index (χ0) is 19.1. The van der Waals surface area contributed by atoms with Crippen LogP contribution in [0.25, 0.3) is 11.0 Å². The first-order chi connectivity index (χ1) is 12.1. The number of nitrogens with zero attached hydrogens (tertiary/aromatic N) is 3. The highest BCUT2D eigenvalue weighted by atomic mass is 79.9. The molecule has 6 nitrogen and oxygen atoms in total. The molecule has 26 heavy (non-hydrogen) atoms. The van der Waals surface area contributed by atoms with Gasteiger partial charge in [0.15, 0.2) is 5.65 Å². The second kappa shape index (κ2) is 6.75. The number of nitrogens with one attached hydrogen (secondary N) is 1. The van der Waals surface area contributed by atoms with Crippen molar-refractivity contribution in [2.24, 2.45) is 0 Å². The Kier molecular flexibility index (Phi) is 4.78. The van der Waals surface area contributed by atoms with E-state index >= 15 is 0 Å². The van der Waals surface area contributed by atoms with Gasteiger partial charge in [-0.25, -0.2) is 9.67 Å². The van der Waals surface area contributed by atoms with Crippen molar-refractivity contribution >= 4 is 27.0 Å². The third-order valence-electron chi connectivity index (χ3n) is 3.74. The fourth-order valence-corrected chi connectivity index (χ4v) is 3.21. The fourth-order valence-electron chi connectivity index (χ4n) is 2.68. The average molecular weight is 431 g/mol. The van der Waals surface area contributed by atoms with E-state index in [4.69, 9.17) is 0 Å². The summed E-state index contributed by atoms with van der Waals surface area (Å²) in [6.45, 7) is 3.56. The van der Waals surface area contributed by atoms with Crippen LogP contribution >= 0.6 is 15.9 Å². The molecule has 0 bridgehead atoms. The Morgan fingerprint density at radius 2 is 1.96 bits per heavy atom. The van der Waals surface area contributed by atoms with Gasteiger partial charge >= 0.3 is 6.36 Å². The van der Waals surface area contributed by atoms with Gasteiger partial charge in [0.1, 0.15) is 21.6 Å². The van der Waals surface area contributed by atoms with Gasteiger partial charge in [0, 0.05) is 0 Å². The number of aryl methyl sites for hydroxylation is 1. The number of hydrogen-bond donors (Lipinski definition) is 1. The van der Waals surface area contributed by atoms with Crippen molar-refractivity contribution in [3.63, 3.8) is 0 Å². The molecule has 0 aliphatic heterocycles. The standard InChI is InChI=1S/C16H14BrF3N4O2/c1-8(7-10-3-5-11(6-4-10)26-16(18,19)20)24-14-12(13(17)23-24)15(25)22-9(2)21-14/h3-6,8H,7H2,1-2H3,(H,21,22,25)/t8-/m0/s1. The molecule has 1 aromatic carbocycles. The van der Waals surface area contributed by atoms with Gasteiger partial charge in [-0.3, -0.25) is 4.79 Å². The lowest BCUT2D eigenvalue weighted by Gasteiger charge is -2.14. The number of aromatic amines is 1. The highest BCUT2D eigenvalue weighted by Gasteiger charge is 2.31. The van der Waals surface area contributed by atoms with Gasteiger partial charge in [0.2, 0.25) is 0 Å². The first-order valence-electron chi connectivity index (χ1n) is 7.63. The molecule has 0 aliphatic rings. The summed E-state index contributed by atoms with van der Waals surface area (Å²) in [5.41, 5.74) is 0.961. The van der Waals surface area contributed by atoms with Crippen LogP contribution in [-0.2, 0) is 6.42 Å². The number of hydrogen-bond acceptors (Lipinski definition) is 4. The van der Waals surface area contributed by atoms with Gasteiger partial charge in [-0.15, -0.1) is 13.2 Å². The number of H-pyrrole nitrogens is 1. The molecule has 3 rings (SSSR count). The smallest absolute Gasteiger partial charge is 0.406 e. The third kappa shape index (κ3) is 3.90. The van der Waals surface area contributed by atoms with Crippen LogP contribution in [-0.4, -0.2) is 26.1 Å². The van der Waals surface area contributed by atoms with Gasteiger partial charge in [-0.1, -0.05) is 12.1 Å². The second-order valence-corrected chi connectivity index (χ2v) is 6.58. The number of halogens is 4. The van der Waals surface area contributed by atoms with Crippen molar-refractivity contribution < 1.29 is 17.9 Å². The second-order valence-electron chi connectivity index (χ2n) is 5.83. The summed E-state index contributed by atoms with van der Waals surface area (Å²) >= 11 is 3.27. The van der Waals surface area contributed by atoms with Crippen LogP contribution in [0.4, 0.5) is 13.2 Å². The van der Waals surface area contributed by atoms with E-state index in [1.54, 1.807) is 23.7 Å². The van der Waals surface area contributed by atoms with E-state index in [0.29, 0.717) is 27.9 Å². The van der Waals surface area contributed by atoms with E-state index in [2.05, 4.69) is 35.7 Å². The lowest BCUT2D eigenvalue weighted by Crippen LogP contribution is -2.17. The maximum atomic E-state index is 12.2. The van der Waals surface area contributed by atoms with Crippen LogP contribution in [0, 0.1) is 6.92 Å². The molecule has 0 saturated carbocycles. The van der Waals surface area contributed by atoms with Gasteiger partial charge < -0.3 is 9.72 Å². The summed E-state index contributed by atoms with van der Waals surface area (Å²) in [7, 11) is 0. The fraction of sp³-hybridized carbons (Fsp3) is 0.312. The minimum absolute atomic E-state index is 0.174. The number of benzene rings is 1. The molecule has 0 spiro atoms.